The second kappa shape index (κ2) is 10.2. The summed E-state index contributed by atoms with van der Waals surface area (Å²) in [6.45, 7) is 2.13. The third-order valence-electron chi connectivity index (χ3n) is 7.98. The molecule has 1 fully saturated rings. The zero-order valence-corrected chi connectivity index (χ0v) is 22.4. The summed E-state index contributed by atoms with van der Waals surface area (Å²) in [6.07, 6.45) is 4.09. The van der Waals surface area contributed by atoms with Crippen LogP contribution in [-0.4, -0.2) is 24.2 Å². The van der Waals surface area contributed by atoms with Gasteiger partial charge < -0.3 is 10.2 Å². The molecule has 39 heavy (non-hydrogen) atoms. The number of nitrogens with one attached hydrogen (secondary N) is 1. The molecule has 1 amide bonds. The van der Waals surface area contributed by atoms with Crippen molar-refractivity contribution in [3.63, 3.8) is 0 Å². The Labute approximate surface area is 233 Å². The number of amidine groups is 1. The Balaban J connectivity index is 1.33. The summed E-state index contributed by atoms with van der Waals surface area (Å²) in [6, 6.07) is 36.2. The maximum Gasteiger partial charge on any atom is 0.264 e. The van der Waals surface area contributed by atoms with Crippen molar-refractivity contribution in [1.82, 2.24) is 5.32 Å². The van der Waals surface area contributed by atoms with Gasteiger partial charge in [-0.05, 0) is 70.6 Å². The first-order valence-corrected chi connectivity index (χ1v) is 14.4. The van der Waals surface area contributed by atoms with E-state index < -0.39 is 0 Å². The van der Waals surface area contributed by atoms with Crippen molar-refractivity contribution in [3.8, 4) is 0 Å². The van der Waals surface area contributed by atoms with E-state index in [2.05, 4.69) is 83.0 Å². The zero-order chi connectivity index (χ0) is 26.2. The van der Waals surface area contributed by atoms with E-state index in [1.807, 2.05) is 36.4 Å². The molecular formula is C34H29N3OS. The van der Waals surface area contributed by atoms with Gasteiger partial charge in [-0.1, -0.05) is 91.0 Å². The van der Waals surface area contributed by atoms with Gasteiger partial charge in [0.1, 0.15) is 0 Å². The number of nitrogens with zero attached hydrogens (tertiary/aromatic N) is 2. The number of hydrogen-bond acceptors (Lipinski definition) is 4. The van der Waals surface area contributed by atoms with E-state index >= 15 is 0 Å². The quantitative estimate of drug-likeness (QED) is 0.280. The number of rotatable bonds is 4. The first kappa shape index (κ1) is 24.0. The fourth-order valence-corrected chi connectivity index (χ4v) is 7.04. The van der Waals surface area contributed by atoms with Crippen LogP contribution in [0, 0.1) is 0 Å². The summed E-state index contributed by atoms with van der Waals surface area (Å²) in [5.74, 6) is 0.549. The normalized spacial score (nSPS) is 22.2. The van der Waals surface area contributed by atoms with E-state index in [-0.39, 0.29) is 5.91 Å². The highest BCUT2D eigenvalue weighted by atomic mass is 32.2. The highest BCUT2D eigenvalue weighted by Crippen LogP contribution is 2.50. The fraction of sp³-hybridized carbons (Fsp3) is 0.176. The van der Waals surface area contributed by atoms with E-state index in [1.54, 1.807) is 0 Å². The van der Waals surface area contributed by atoms with Crippen LogP contribution in [-0.2, 0) is 4.79 Å². The molecule has 0 aliphatic carbocycles. The lowest BCUT2D eigenvalue weighted by Crippen LogP contribution is -2.37. The first-order valence-electron chi connectivity index (χ1n) is 13.6. The van der Waals surface area contributed by atoms with Gasteiger partial charge in [0.25, 0.3) is 5.91 Å². The molecule has 1 N–H and O–H groups in total. The Morgan fingerprint density at radius 3 is 1.87 bits per heavy atom. The average molecular weight is 528 g/mol. The molecule has 0 spiro atoms. The molecule has 3 aliphatic heterocycles. The van der Waals surface area contributed by atoms with Crippen molar-refractivity contribution < 1.29 is 4.79 Å². The zero-order valence-electron chi connectivity index (χ0n) is 21.6. The second-order valence-corrected chi connectivity index (χ2v) is 11.4. The SMILES string of the molecule is O=C1NC(=Nc2cc3c4c(c2)[C@H](c2ccccc2)CCN4CC[C@H]3c2ccccc2)S/C1=C\c1ccccc1. The Bertz CT molecular complexity index is 1510. The molecule has 0 saturated carbocycles. The predicted octanol–water partition coefficient (Wildman–Crippen LogP) is 7.46. The van der Waals surface area contributed by atoms with E-state index in [1.165, 1.54) is 39.7 Å². The van der Waals surface area contributed by atoms with Crippen LogP contribution in [0.25, 0.3) is 6.08 Å². The average Bonchev–Trinajstić information content (AvgIpc) is 3.32. The van der Waals surface area contributed by atoms with Gasteiger partial charge >= 0.3 is 0 Å². The molecule has 0 unspecified atom stereocenters. The minimum Gasteiger partial charge on any atom is -0.371 e. The summed E-state index contributed by atoms with van der Waals surface area (Å²) in [5.41, 5.74) is 8.68. The largest absolute Gasteiger partial charge is 0.371 e. The highest BCUT2D eigenvalue weighted by molar-refractivity contribution is 8.18. The summed E-state index contributed by atoms with van der Waals surface area (Å²) in [7, 11) is 0. The summed E-state index contributed by atoms with van der Waals surface area (Å²) in [5, 5.41) is 3.62. The van der Waals surface area contributed by atoms with Crippen molar-refractivity contribution in [2.45, 2.75) is 24.7 Å². The minimum absolute atomic E-state index is 0.0996. The van der Waals surface area contributed by atoms with Crippen molar-refractivity contribution in [1.29, 1.82) is 0 Å². The number of aliphatic imine (C=N–C) groups is 1. The van der Waals surface area contributed by atoms with Crippen LogP contribution in [0.4, 0.5) is 11.4 Å². The van der Waals surface area contributed by atoms with E-state index in [4.69, 9.17) is 4.99 Å². The van der Waals surface area contributed by atoms with Crippen molar-refractivity contribution in [3.05, 3.63) is 136 Å². The van der Waals surface area contributed by atoms with Gasteiger partial charge in [-0.2, -0.15) is 0 Å². The summed E-state index contributed by atoms with van der Waals surface area (Å²) < 4.78 is 0. The molecule has 0 radical (unpaired) electrons. The van der Waals surface area contributed by atoms with Crippen LogP contribution >= 0.6 is 11.8 Å². The molecule has 3 heterocycles. The molecule has 7 rings (SSSR count). The highest BCUT2D eigenvalue weighted by Gasteiger charge is 2.35. The number of hydrogen-bond donors (Lipinski definition) is 1. The van der Waals surface area contributed by atoms with Gasteiger partial charge in [-0.3, -0.25) is 4.79 Å². The Morgan fingerprint density at radius 1 is 0.769 bits per heavy atom. The fourth-order valence-electron chi connectivity index (χ4n) is 6.20. The van der Waals surface area contributed by atoms with Gasteiger partial charge in [-0.15, -0.1) is 0 Å². The molecule has 3 aliphatic rings. The summed E-state index contributed by atoms with van der Waals surface area (Å²) in [4.78, 5) is 21.0. The number of carbonyl (C=O) groups excluding carboxylic acids is 1. The molecular weight excluding hydrogens is 498 g/mol. The monoisotopic (exact) mass is 527 g/mol. The number of carbonyl (C=O) groups is 1. The standard InChI is InChI=1S/C34H29N3OS/c38-33-31(20-23-10-4-1-5-11-23)39-34(36-33)35-26-21-29-27(24-12-6-2-7-13-24)16-18-37-19-17-28(30(22-26)32(29)37)25-14-8-3-9-15-25/h1-15,20-22,27-28H,16-19H2,(H,35,36,38)/b31-20-/t27-,28-/m0/s1. The predicted molar refractivity (Wildman–Crippen MR) is 162 cm³/mol. The molecule has 4 aromatic carbocycles. The lowest BCUT2D eigenvalue weighted by Gasteiger charge is -2.43. The van der Waals surface area contributed by atoms with Gasteiger partial charge in [0.15, 0.2) is 5.17 Å². The van der Waals surface area contributed by atoms with E-state index in [9.17, 15) is 4.79 Å². The molecule has 2 atom stereocenters. The van der Waals surface area contributed by atoms with Crippen LogP contribution in [0.1, 0.15) is 52.5 Å². The van der Waals surface area contributed by atoms with Crippen LogP contribution < -0.4 is 10.2 Å². The molecule has 0 aromatic heterocycles. The number of anilines is 1. The van der Waals surface area contributed by atoms with Crippen molar-refractivity contribution in [2.75, 3.05) is 18.0 Å². The smallest absolute Gasteiger partial charge is 0.264 e. The molecule has 192 valence electrons. The molecule has 5 heteroatoms. The third-order valence-corrected chi connectivity index (χ3v) is 8.89. The van der Waals surface area contributed by atoms with Crippen LogP contribution in [0.15, 0.2) is 113 Å². The van der Waals surface area contributed by atoms with Gasteiger partial charge in [0, 0.05) is 30.6 Å². The second-order valence-electron chi connectivity index (χ2n) is 10.4. The Morgan fingerprint density at radius 2 is 1.31 bits per heavy atom. The number of thioether (sulfide) groups is 1. The van der Waals surface area contributed by atoms with E-state index in [0.29, 0.717) is 21.9 Å². The van der Waals surface area contributed by atoms with Gasteiger partial charge in [-0.25, -0.2) is 4.99 Å². The van der Waals surface area contributed by atoms with Crippen molar-refractivity contribution >= 4 is 40.3 Å². The Kier molecular flexibility index (Phi) is 6.29. The van der Waals surface area contributed by atoms with E-state index in [0.717, 1.165) is 37.2 Å². The minimum atomic E-state index is -0.0996. The van der Waals surface area contributed by atoms with Gasteiger partial charge in [0.2, 0.25) is 0 Å². The van der Waals surface area contributed by atoms with Crippen LogP contribution in [0.5, 0.6) is 0 Å². The maximum absolute atomic E-state index is 12.8. The number of benzene rings is 4. The molecule has 1 saturated heterocycles. The Hall–Kier alpha value is -4.09. The van der Waals surface area contributed by atoms with Crippen LogP contribution in [0.3, 0.4) is 0 Å². The van der Waals surface area contributed by atoms with Crippen LogP contribution in [0.2, 0.25) is 0 Å². The maximum atomic E-state index is 12.8. The van der Waals surface area contributed by atoms with Gasteiger partial charge in [0.05, 0.1) is 10.6 Å². The molecule has 4 aromatic rings. The topological polar surface area (TPSA) is 44.7 Å². The summed E-state index contributed by atoms with van der Waals surface area (Å²) >= 11 is 1.41. The first-order chi connectivity index (χ1) is 19.2. The third kappa shape index (κ3) is 4.68. The molecule has 4 nitrogen and oxygen atoms in total. The number of amides is 1. The lowest BCUT2D eigenvalue weighted by molar-refractivity contribution is -0.115. The lowest BCUT2D eigenvalue weighted by atomic mass is 9.76. The molecule has 0 bridgehead atoms. The van der Waals surface area contributed by atoms with Crippen molar-refractivity contribution in [2.24, 2.45) is 4.99 Å².